The van der Waals surface area contributed by atoms with Crippen molar-refractivity contribution < 1.29 is 4.39 Å². The van der Waals surface area contributed by atoms with Crippen molar-refractivity contribution in [1.82, 2.24) is 9.55 Å². The molecule has 4 heteroatoms. The van der Waals surface area contributed by atoms with E-state index in [4.69, 9.17) is 0 Å². The summed E-state index contributed by atoms with van der Waals surface area (Å²) < 4.78 is 15.1. The molecule has 0 amide bonds. The highest BCUT2D eigenvalue weighted by atomic mass is 19.1. The van der Waals surface area contributed by atoms with Crippen LogP contribution < -0.4 is 5.32 Å². The molecular formula is C13H16FN3. The maximum Gasteiger partial charge on any atom is 0.125 e. The Morgan fingerprint density at radius 2 is 2.24 bits per heavy atom. The van der Waals surface area contributed by atoms with Gasteiger partial charge in [-0.15, -0.1) is 0 Å². The lowest BCUT2D eigenvalue weighted by atomic mass is 10.3. The number of halogens is 1. The van der Waals surface area contributed by atoms with Gasteiger partial charge in [-0.2, -0.15) is 0 Å². The zero-order chi connectivity index (χ0) is 12.3. The topological polar surface area (TPSA) is 29.9 Å². The van der Waals surface area contributed by atoms with E-state index in [-0.39, 0.29) is 5.82 Å². The first kappa shape index (κ1) is 11.6. The second kappa shape index (κ2) is 4.99. The molecule has 1 N–H and O–H groups in total. The second-order valence-corrected chi connectivity index (χ2v) is 4.25. The third-order valence-corrected chi connectivity index (χ3v) is 2.60. The third-order valence-electron chi connectivity index (χ3n) is 2.60. The Balaban J connectivity index is 2.05. The van der Waals surface area contributed by atoms with Crippen molar-refractivity contribution in [2.45, 2.75) is 26.4 Å². The van der Waals surface area contributed by atoms with E-state index in [0.717, 1.165) is 11.4 Å². The summed E-state index contributed by atoms with van der Waals surface area (Å²) in [6.07, 6.45) is 3.64. The fourth-order valence-electron chi connectivity index (χ4n) is 1.72. The monoisotopic (exact) mass is 233 g/mol. The van der Waals surface area contributed by atoms with Gasteiger partial charge >= 0.3 is 0 Å². The number of nitrogens with zero attached hydrogens (tertiary/aromatic N) is 2. The number of nitrogens with one attached hydrogen (secondary N) is 1. The largest absolute Gasteiger partial charge is 0.379 e. The van der Waals surface area contributed by atoms with E-state index in [1.54, 1.807) is 6.07 Å². The van der Waals surface area contributed by atoms with Gasteiger partial charge in [-0.3, -0.25) is 0 Å². The average molecular weight is 233 g/mol. The van der Waals surface area contributed by atoms with Gasteiger partial charge in [-0.1, -0.05) is 6.07 Å². The number of anilines is 1. The van der Waals surface area contributed by atoms with Crippen LogP contribution in [0.15, 0.2) is 36.8 Å². The molecule has 17 heavy (non-hydrogen) atoms. The van der Waals surface area contributed by atoms with E-state index in [2.05, 4.69) is 28.7 Å². The lowest BCUT2D eigenvalue weighted by molar-refractivity contribution is 0.577. The molecule has 3 nitrogen and oxygen atoms in total. The van der Waals surface area contributed by atoms with Gasteiger partial charge in [-0.25, -0.2) is 9.37 Å². The lowest BCUT2D eigenvalue weighted by Crippen LogP contribution is -2.08. The van der Waals surface area contributed by atoms with Crippen molar-refractivity contribution in [2.24, 2.45) is 0 Å². The molecule has 2 aromatic rings. The molecule has 0 bridgehead atoms. The summed E-state index contributed by atoms with van der Waals surface area (Å²) in [6.45, 7) is 4.85. The number of hydrogen-bond acceptors (Lipinski definition) is 2. The van der Waals surface area contributed by atoms with Gasteiger partial charge in [-0.05, 0) is 32.0 Å². The summed E-state index contributed by atoms with van der Waals surface area (Å²) >= 11 is 0. The fourth-order valence-corrected chi connectivity index (χ4v) is 1.72. The molecule has 2 rings (SSSR count). The summed E-state index contributed by atoms with van der Waals surface area (Å²) in [5.41, 5.74) is 1.87. The van der Waals surface area contributed by atoms with Crippen molar-refractivity contribution in [1.29, 1.82) is 0 Å². The Morgan fingerprint density at radius 3 is 2.94 bits per heavy atom. The predicted molar refractivity (Wildman–Crippen MR) is 66.3 cm³/mol. The molecule has 0 atom stereocenters. The molecule has 0 saturated carbocycles. The molecule has 0 spiro atoms. The van der Waals surface area contributed by atoms with E-state index in [1.807, 2.05) is 18.6 Å². The van der Waals surface area contributed by atoms with Gasteiger partial charge in [0.1, 0.15) is 5.82 Å². The van der Waals surface area contributed by atoms with Crippen molar-refractivity contribution in [3.63, 3.8) is 0 Å². The van der Waals surface area contributed by atoms with Gasteiger partial charge < -0.3 is 9.88 Å². The van der Waals surface area contributed by atoms with Crippen LogP contribution in [0.4, 0.5) is 10.1 Å². The molecule has 0 unspecified atom stereocenters. The number of hydrogen-bond donors (Lipinski definition) is 1. The third kappa shape index (κ3) is 2.84. The minimum Gasteiger partial charge on any atom is -0.379 e. The first-order valence-electron chi connectivity index (χ1n) is 5.67. The van der Waals surface area contributed by atoms with Gasteiger partial charge in [0.05, 0.1) is 18.6 Å². The van der Waals surface area contributed by atoms with E-state index >= 15 is 0 Å². The van der Waals surface area contributed by atoms with Crippen LogP contribution in [-0.4, -0.2) is 9.55 Å². The lowest BCUT2D eigenvalue weighted by Gasteiger charge is -2.12. The Labute approximate surface area is 100 Å². The standard InChI is InChI=1S/C13H16FN3/c1-10(2)17-9-15-7-13(17)8-16-12-5-3-4-11(14)6-12/h3-7,9-10,16H,8H2,1-2H3. The fraction of sp³-hybridized carbons (Fsp3) is 0.308. The van der Waals surface area contributed by atoms with E-state index < -0.39 is 0 Å². The van der Waals surface area contributed by atoms with Gasteiger partial charge in [0, 0.05) is 17.9 Å². The quantitative estimate of drug-likeness (QED) is 0.878. The molecule has 0 aliphatic heterocycles. The minimum atomic E-state index is -0.229. The molecule has 0 aliphatic rings. The minimum absolute atomic E-state index is 0.229. The van der Waals surface area contributed by atoms with Gasteiger partial charge in [0.25, 0.3) is 0 Å². The molecule has 0 aliphatic carbocycles. The Bertz CT molecular complexity index is 491. The second-order valence-electron chi connectivity index (χ2n) is 4.25. The van der Waals surface area contributed by atoms with Crippen molar-refractivity contribution in [3.05, 3.63) is 48.3 Å². The molecule has 1 aromatic carbocycles. The van der Waals surface area contributed by atoms with Crippen LogP contribution in [0.2, 0.25) is 0 Å². The number of aromatic nitrogens is 2. The van der Waals surface area contributed by atoms with Crippen molar-refractivity contribution >= 4 is 5.69 Å². The zero-order valence-corrected chi connectivity index (χ0v) is 10.0. The smallest absolute Gasteiger partial charge is 0.125 e. The van der Waals surface area contributed by atoms with Crippen molar-refractivity contribution in [3.8, 4) is 0 Å². The van der Waals surface area contributed by atoms with Crippen LogP contribution in [0, 0.1) is 5.82 Å². The first-order valence-corrected chi connectivity index (χ1v) is 5.67. The predicted octanol–water partition coefficient (Wildman–Crippen LogP) is 3.22. The molecule has 1 aromatic heterocycles. The van der Waals surface area contributed by atoms with Crippen LogP contribution in [-0.2, 0) is 6.54 Å². The highest BCUT2D eigenvalue weighted by molar-refractivity contribution is 5.43. The maximum absolute atomic E-state index is 13.0. The highest BCUT2D eigenvalue weighted by Gasteiger charge is 2.04. The summed E-state index contributed by atoms with van der Waals surface area (Å²) in [5.74, 6) is -0.229. The molecule has 0 saturated heterocycles. The van der Waals surface area contributed by atoms with E-state index in [0.29, 0.717) is 12.6 Å². The molecule has 90 valence electrons. The van der Waals surface area contributed by atoms with Crippen molar-refractivity contribution in [2.75, 3.05) is 5.32 Å². The number of imidazole rings is 1. The van der Waals surface area contributed by atoms with Crippen LogP contribution in [0.5, 0.6) is 0 Å². The Hall–Kier alpha value is -1.84. The molecule has 0 fully saturated rings. The number of benzene rings is 1. The molecule has 1 heterocycles. The van der Waals surface area contributed by atoms with E-state index in [9.17, 15) is 4.39 Å². The van der Waals surface area contributed by atoms with E-state index in [1.165, 1.54) is 12.1 Å². The summed E-state index contributed by atoms with van der Waals surface area (Å²) in [6, 6.07) is 6.83. The first-order chi connectivity index (χ1) is 8.16. The van der Waals surface area contributed by atoms with Crippen LogP contribution in [0.3, 0.4) is 0 Å². The van der Waals surface area contributed by atoms with Gasteiger partial charge in [0.2, 0.25) is 0 Å². The average Bonchev–Trinajstić information content (AvgIpc) is 2.74. The highest BCUT2D eigenvalue weighted by Crippen LogP contribution is 2.13. The Morgan fingerprint density at radius 1 is 1.41 bits per heavy atom. The van der Waals surface area contributed by atoms with Crippen LogP contribution in [0.1, 0.15) is 25.6 Å². The Kier molecular flexibility index (Phi) is 3.42. The summed E-state index contributed by atoms with van der Waals surface area (Å²) in [7, 11) is 0. The summed E-state index contributed by atoms with van der Waals surface area (Å²) in [5, 5.41) is 3.18. The van der Waals surface area contributed by atoms with Crippen LogP contribution >= 0.6 is 0 Å². The van der Waals surface area contributed by atoms with Gasteiger partial charge in [0.15, 0.2) is 0 Å². The number of rotatable bonds is 4. The summed E-state index contributed by atoms with van der Waals surface area (Å²) in [4.78, 5) is 4.12. The zero-order valence-electron chi connectivity index (χ0n) is 10.0. The molecule has 0 radical (unpaired) electrons. The maximum atomic E-state index is 13.0. The SMILES string of the molecule is CC(C)n1cncc1CNc1cccc(F)c1. The van der Waals surface area contributed by atoms with Crippen LogP contribution in [0.25, 0.3) is 0 Å². The molecular weight excluding hydrogens is 217 g/mol. The normalized spacial score (nSPS) is 10.8.